The van der Waals surface area contributed by atoms with Gasteiger partial charge in [-0.15, -0.1) is 0 Å². The Hall–Kier alpha value is -1.65. The Morgan fingerprint density at radius 3 is 2.50 bits per heavy atom. The van der Waals surface area contributed by atoms with Gasteiger partial charge in [0.15, 0.2) is 11.6 Å². The Morgan fingerprint density at radius 2 is 2.14 bits per heavy atom. The van der Waals surface area contributed by atoms with Gasteiger partial charge in [0, 0.05) is 20.3 Å². The maximum absolute atomic E-state index is 11.3. The number of Topliss-reactive ketones (excluding diaryl/α,β-unsaturated/α-hetero) is 1. The smallest absolute Gasteiger partial charge is 0.262 e. The van der Waals surface area contributed by atoms with Crippen molar-refractivity contribution in [3.63, 3.8) is 0 Å². The second kappa shape index (κ2) is 4.04. The number of nitrogens with zero attached hydrogens (tertiary/aromatic N) is 3. The molecule has 0 fully saturated rings. The standard InChI is InChI=1S/C9H13N3O2/c1-6(13)8(5-12(3)4)9-10-7(2)11-14-9/h5H,1-4H3. The molecule has 76 valence electrons. The van der Waals surface area contributed by atoms with Crippen LogP contribution >= 0.6 is 0 Å². The molecule has 0 atom stereocenters. The molecule has 0 saturated heterocycles. The van der Waals surface area contributed by atoms with Gasteiger partial charge >= 0.3 is 0 Å². The molecule has 0 amide bonds. The predicted octanol–water partition coefficient (Wildman–Crippen LogP) is 0.870. The largest absolute Gasteiger partial charge is 0.383 e. The number of allylic oxidation sites excluding steroid dienone is 1. The van der Waals surface area contributed by atoms with E-state index < -0.39 is 0 Å². The molecule has 0 aliphatic carbocycles. The quantitative estimate of drug-likeness (QED) is 0.670. The van der Waals surface area contributed by atoms with Gasteiger partial charge in [-0.2, -0.15) is 4.98 Å². The van der Waals surface area contributed by atoms with E-state index in [0.717, 1.165) is 0 Å². The summed E-state index contributed by atoms with van der Waals surface area (Å²) >= 11 is 0. The predicted molar refractivity (Wildman–Crippen MR) is 51.4 cm³/mol. The lowest BCUT2D eigenvalue weighted by Crippen LogP contribution is -2.06. The molecule has 0 bridgehead atoms. The van der Waals surface area contributed by atoms with E-state index in [1.807, 2.05) is 14.1 Å². The molecular weight excluding hydrogens is 182 g/mol. The number of aryl methyl sites for hydroxylation is 1. The maximum Gasteiger partial charge on any atom is 0.262 e. The van der Waals surface area contributed by atoms with Crippen molar-refractivity contribution in [2.24, 2.45) is 0 Å². The second-order valence-corrected chi connectivity index (χ2v) is 3.21. The van der Waals surface area contributed by atoms with Crippen molar-refractivity contribution >= 4 is 11.4 Å². The summed E-state index contributed by atoms with van der Waals surface area (Å²) in [5.41, 5.74) is 0.426. The van der Waals surface area contributed by atoms with Crippen molar-refractivity contribution in [3.05, 3.63) is 17.9 Å². The number of hydrogen-bond donors (Lipinski definition) is 0. The van der Waals surface area contributed by atoms with Crippen LogP contribution in [0.25, 0.3) is 5.57 Å². The molecule has 5 heteroatoms. The number of rotatable bonds is 3. The average Bonchev–Trinajstić information content (AvgIpc) is 2.46. The van der Waals surface area contributed by atoms with E-state index in [4.69, 9.17) is 4.52 Å². The SMILES string of the molecule is CC(=O)C(=CN(C)C)c1nc(C)no1. The summed E-state index contributed by atoms with van der Waals surface area (Å²) in [6.07, 6.45) is 1.66. The van der Waals surface area contributed by atoms with Crippen LogP contribution in [0.3, 0.4) is 0 Å². The maximum atomic E-state index is 11.3. The summed E-state index contributed by atoms with van der Waals surface area (Å²) in [6, 6.07) is 0. The Bertz CT molecular complexity index is 366. The van der Waals surface area contributed by atoms with Crippen molar-refractivity contribution in [2.75, 3.05) is 14.1 Å². The number of hydrogen-bond acceptors (Lipinski definition) is 5. The summed E-state index contributed by atoms with van der Waals surface area (Å²) in [6.45, 7) is 3.18. The minimum Gasteiger partial charge on any atom is -0.383 e. The van der Waals surface area contributed by atoms with Crippen LogP contribution in [0.5, 0.6) is 0 Å². The summed E-state index contributed by atoms with van der Waals surface area (Å²) in [5, 5.41) is 3.63. The average molecular weight is 195 g/mol. The van der Waals surface area contributed by atoms with Gasteiger partial charge in [-0.3, -0.25) is 4.79 Å². The number of carbonyl (C=O) groups excluding carboxylic acids is 1. The Labute approximate surface area is 82.4 Å². The van der Waals surface area contributed by atoms with Crippen molar-refractivity contribution in [1.82, 2.24) is 15.0 Å². The fourth-order valence-electron chi connectivity index (χ4n) is 0.961. The van der Waals surface area contributed by atoms with Crippen molar-refractivity contribution in [1.29, 1.82) is 0 Å². The van der Waals surface area contributed by atoms with E-state index in [1.54, 1.807) is 18.0 Å². The third-order valence-corrected chi connectivity index (χ3v) is 1.52. The van der Waals surface area contributed by atoms with Gasteiger partial charge in [-0.1, -0.05) is 5.16 Å². The highest BCUT2D eigenvalue weighted by Gasteiger charge is 2.14. The summed E-state index contributed by atoms with van der Waals surface area (Å²) in [4.78, 5) is 17.0. The Morgan fingerprint density at radius 1 is 1.50 bits per heavy atom. The van der Waals surface area contributed by atoms with Crippen molar-refractivity contribution < 1.29 is 9.32 Å². The van der Waals surface area contributed by atoms with E-state index in [0.29, 0.717) is 11.4 Å². The molecule has 1 rings (SSSR count). The minimum atomic E-state index is -0.0950. The van der Waals surface area contributed by atoms with Crippen LogP contribution in [0.2, 0.25) is 0 Å². The zero-order chi connectivity index (χ0) is 10.7. The lowest BCUT2D eigenvalue weighted by atomic mass is 10.2. The molecule has 5 nitrogen and oxygen atoms in total. The van der Waals surface area contributed by atoms with Crippen molar-refractivity contribution in [3.8, 4) is 0 Å². The molecule has 14 heavy (non-hydrogen) atoms. The lowest BCUT2D eigenvalue weighted by Gasteiger charge is -2.05. The summed E-state index contributed by atoms with van der Waals surface area (Å²) in [7, 11) is 3.65. The minimum absolute atomic E-state index is 0.0950. The molecule has 0 aromatic carbocycles. The molecule has 0 aliphatic heterocycles. The molecule has 0 unspecified atom stereocenters. The molecule has 0 N–H and O–H groups in total. The molecule has 0 saturated carbocycles. The van der Waals surface area contributed by atoms with Crippen molar-refractivity contribution in [2.45, 2.75) is 13.8 Å². The van der Waals surface area contributed by atoms with Crippen LogP contribution in [-0.4, -0.2) is 34.9 Å². The first-order valence-corrected chi connectivity index (χ1v) is 4.20. The van der Waals surface area contributed by atoms with Crippen LogP contribution in [0.4, 0.5) is 0 Å². The van der Waals surface area contributed by atoms with E-state index in [1.165, 1.54) is 6.92 Å². The number of ketones is 1. The molecule has 0 radical (unpaired) electrons. The Kier molecular flexibility index (Phi) is 3.01. The van der Waals surface area contributed by atoms with E-state index in [9.17, 15) is 4.79 Å². The highest BCUT2D eigenvalue weighted by molar-refractivity contribution is 6.17. The highest BCUT2D eigenvalue weighted by atomic mass is 16.5. The van der Waals surface area contributed by atoms with Gasteiger partial charge in [0.2, 0.25) is 0 Å². The zero-order valence-corrected chi connectivity index (χ0v) is 8.74. The summed E-state index contributed by atoms with van der Waals surface area (Å²) in [5.74, 6) is 0.692. The molecule has 0 aliphatic rings. The van der Waals surface area contributed by atoms with E-state index in [2.05, 4.69) is 10.1 Å². The fourth-order valence-corrected chi connectivity index (χ4v) is 0.961. The Balaban J connectivity index is 3.07. The third kappa shape index (κ3) is 2.42. The number of carbonyl (C=O) groups is 1. The van der Waals surface area contributed by atoms with E-state index in [-0.39, 0.29) is 11.7 Å². The van der Waals surface area contributed by atoms with Gasteiger partial charge in [-0.25, -0.2) is 0 Å². The topological polar surface area (TPSA) is 59.2 Å². The van der Waals surface area contributed by atoms with Gasteiger partial charge in [0.1, 0.15) is 0 Å². The first-order valence-electron chi connectivity index (χ1n) is 4.20. The van der Waals surface area contributed by atoms with Gasteiger partial charge in [0.05, 0.1) is 5.57 Å². The van der Waals surface area contributed by atoms with Crippen LogP contribution in [0.15, 0.2) is 10.7 Å². The second-order valence-electron chi connectivity index (χ2n) is 3.21. The van der Waals surface area contributed by atoms with E-state index >= 15 is 0 Å². The molecule has 1 heterocycles. The van der Waals surface area contributed by atoms with Crippen LogP contribution in [-0.2, 0) is 4.79 Å². The first kappa shape index (κ1) is 10.4. The lowest BCUT2D eigenvalue weighted by molar-refractivity contribution is -0.112. The normalized spacial score (nSPS) is 11.6. The number of aromatic nitrogens is 2. The molecule has 1 aromatic rings. The molecule has 1 aromatic heterocycles. The monoisotopic (exact) mass is 195 g/mol. The van der Waals surface area contributed by atoms with Gasteiger partial charge in [0.25, 0.3) is 5.89 Å². The molecule has 0 spiro atoms. The van der Waals surface area contributed by atoms with Gasteiger partial charge in [-0.05, 0) is 13.8 Å². The summed E-state index contributed by atoms with van der Waals surface area (Å²) < 4.78 is 4.91. The van der Waals surface area contributed by atoms with Gasteiger partial charge < -0.3 is 9.42 Å². The van der Waals surface area contributed by atoms with Crippen LogP contribution in [0.1, 0.15) is 18.6 Å². The first-order chi connectivity index (χ1) is 6.50. The molecular formula is C9H13N3O2. The fraction of sp³-hybridized carbons (Fsp3) is 0.444. The van der Waals surface area contributed by atoms with Crippen LogP contribution in [0, 0.1) is 6.92 Å². The zero-order valence-electron chi connectivity index (χ0n) is 8.74. The third-order valence-electron chi connectivity index (χ3n) is 1.52. The highest BCUT2D eigenvalue weighted by Crippen LogP contribution is 2.13. The van der Waals surface area contributed by atoms with Crippen LogP contribution < -0.4 is 0 Å².